The molecule has 1 fully saturated rings. The first kappa shape index (κ1) is 10.1. The predicted molar refractivity (Wildman–Crippen MR) is 60.9 cm³/mol. The van der Waals surface area contributed by atoms with Gasteiger partial charge in [0.15, 0.2) is 0 Å². The van der Waals surface area contributed by atoms with Crippen molar-refractivity contribution < 1.29 is 9.31 Å². The quantitative estimate of drug-likeness (QED) is 0.487. The minimum Gasteiger partial charge on any atom is -0.435 e. The third-order valence-corrected chi connectivity index (χ3v) is 4.03. The third kappa shape index (κ3) is 2.14. The van der Waals surface area contributed by atoms with Crippen molar-refractivity contribution in [1.29, 1.82) is 0 Å². The summed E-state index contributed by atoms with van der Waals surface area (Å²) in [6.45, 7) is 0. The van der Waals surface area contributed by atoms with Crippen LogP contribution in [0.25, 0.3) is 0 Å². The van der Waals surface area contributed by atoms with Gasteiger partial charge in [-0.3, -0.25) is 0 Å². The van der Waals surface area contributed by atoms with Crippen molar-refractivity contribution in [2.45, 2.75) is 25.4 Å². The molecular weight excluding hydrogens is 194 g/mol. The van der Waals surface area contributed by atoms with Crippen molar-refractivity contribution >= 4 is 17.0 Å². The number of hydrogen-bond acceptors (Lipinski definition) is 2. The first-order chi connectivity index (χ1) is 6.77. The van der Waals surface area contributed by atoms with Crippen molar-refractivity contribution in [3.63, 3.8) is 0 Å². The molecule has 2 aliphatic rings. The number of ether oxygens (including phenoxy) is 1. The van der Waals surface area contributed by atoms with Crippen LogP contribution in [0.5, 0.6) is 0 Å². The van der Waals surface area contributed by atoms with Crippen LogP contribution in [-0.4, -0.2) is 35.8 Å². The monoisotopic (exact) mass is 212 g/mol. The Morgan fingerprint density at radius 1 is 1.43 bits per heavy atom. The van der Waals surface area contributed by atoms with Crippen LogP contribution in [0.1, 0.15) is 19.3 Å². The van der Waals surface area contributed by atoms with E-state index in [1.54, 1.807) is 0 Å². The highest BCUT2D eigenvalue weighted by atomic mass is 32.2. The number of nitrogens with zero attached hydrogens (tertiary/aromatic N) is 1. The Morgan fingerprint density at radius 3 is 2.86 bits per heavy atom. The maximum Gasteiger partial charge on any atom is 0.400 e. The van der Waals surface area contributed by atoms with Gasteiger partial charge in [0.1, 0.15) is 20.2 Å². The predicted octanol–water partition coefficient (Wildman–Crippen LogP) is 2.10. The SMILES string of the molecule is C[N+](C)=C1OC(C2CC=CCC2)CS1. The molecule has 2 nitrogen and oxygen atoms in total. The summed E-state index contributed by atoms with van der Waals surface area (Å²) >= 11 is 1.85. The van der Waals surface area contributed by atoms with E-state index in [9.17, 15) is 0 Å². The fourth-order valence-corrected chi connectivity index (χ4v) is 3.07. The Hall–Kier alpha value is -0.440. The Labute approximate surface area is 90.0 Å². The van der Waals surface area contributed by atoms with Gasteiger partial charge in [0.05, 0.1) is 0 Å². The standard InChI is InChI=1S/C11H18NOS/c1-12(2)11-13-10(8-14-11)9-6-4-3-5-7-9/h3-4,9-10H,5-8H2,1-2H3/q+1. The second kappa shape index (κ2) is 4.39. The maximum atomic E-state index is 5.93. The van der Waals surface area contributed by atoms with E-state index < -0.39 is 0 Å². The number of thioether (sulfide) groups is 1. The fourth-order valence-electron chi connectivity index (χ4n) is 1.97. The highest BCUT2D eigenvalue weighted by molar-refractivity contribution is 8.13. The lowest BCUT2D eigenvalue weighted by Gasteiger charge is -2.22. The van der Waals surface area contributed by atoms with Crippen LogP contribution in [-0.2, 0) is 4.74 Å². The number of allylic oxidation sites excluding steroid dienone is 2. The zero-order valence-electron chi connectivity index (χ0n) is 8.90. The molecule has 2 atom stereocenters. The van der Waals surface area contributed by atoms with Gasteiger partial charge in [-0.1, -0.05) is 12.2 Å². The van der Waals surface area contributed by atoms with Crippen LogP contribution in [0, 0.1) is 5.92 Å². The Balaban J connectivity index is 1.95. The largest absolute Gasteiger partial charge is 0.435 e. The summed E-state index contributed by atoms with van der Waals surface area (Å²) in [6, 6.07) is 0. The van der Waals surface area contributed by atoms with Gasteiger partial charge in [-0.25, -0.2) is 0 Å². The molecule has 1 aliphatic carbocycles. The number of rotatable bonds is 1. The van der Waals surface area contributed by atoms with Crippen LogP contribution < -0.4 is 0 Å². The van der Waals surface area contributed by atoms with Gasteiger partial charge in [-0.05, 0) is 31.0 Å². The average Bonchev–Trinajstić information content (AvgIpc) is 2.68. The summed E-state index contributed by atoms with van der Waals surface area (Å²) in [6.07, 6.45) is 8.76. The zero-order chi connectivity index (χ0) is 9.97. The summed E-state index contributed by atoms with van der Waals surface area (Å²) in [5.74, 6) is 1.87. The summed E-state index contributed by atoms with van der Waals surface area (Å²) in [5, 5.41) is 1.09. The zero-order valence-corrected chi connectivity index (χ0v) is 9.72. The molecule has 2 unspecified atom stereocenters. The molecule has 1 saturated heterocycles. The van der Waals surface area contributed by atoms with Crippen LogP contribution >= 0.6 is 11.8 Å². The molecule has 0 bridgehead atoms. The summed E-state index contributed by atoms with van der Waals surface area (Å²) in [5.41, 5.74) is 0. The molecule has 0 N–H and O–H groups in total. The van der Waals surface area contributed by atoms with E-state index in [4.69, 9.17) is 4.74 Å². The van der Waals surface area contributed by atoms with E-state index in [-0.39, 0.29) is 0 Å². The molecule has 78 valence electrons. The topological polar surface area (TPSA) is 12.2 Å². The van der Waals surface area contributed by atoms with Crippen LogP contribution in [0.2, 0.25) is 0 Å². The van der Waals surface area contributed by atoms with Crippen LogP contribution in [0.15, 0.2) is 12.2 Å². The third-order valence-electron chi connectivity index (χ3n) is 2.82. The van der Waals surface area contributed by atoms with E-state index in [1.165, 1.54) is 19.3 Å². The molecule has 14 heavy (non-hydrogen) atoms. The van der Waals surface area contributed by atoms with Gasteiger partial charge in [0.2, 0.25) is 0 Å². The first-order valence-electron chi connectivity index (χ1n) is 5.26. The molecule has 0 radical (unpaired) electrons. The van der Waals surface area contributed by atoms with Gasteiger partial charge in [-0.2, -0.15) is 4.58 Å². The molecule has 0 aromatic carbocycles. The minimum absolute atomic E-state index is 0.447. The lowest BCUT2D eigenvalue weighted by atomic mass is 9.90. The van der Waals surface area contributed by atoms with Crippen molar-refractivity contribution in [1.82, 2.24) is 0 Å². The van der Waals surface area contributed by atoms with E-state index in [1.807, 2.05) is 25.9 Å². The molecule has 0 saturated carbocycles. The summed E-state index contributed by atoms with van der Waals surface area (Å²) < 4.78 is 8.01. The second-order valence-corrected chi connectivity index (χ2v) is 5.14. The molecule has 0 aromatic rings. The van der Waals surface area contributed by atoms with Crippen molar-refractivity contribution in [3.05, 3.63) is 12.2 Å². The molecular formula is C11H18NOS+. The summed E-state index contributed by atoms with van der Waals surface area (Å²) in [7, 11) is 4.09. The van der Waals surface area contributed by atoms with Crippen molar-refractivity contribution in [2.75, 3.05) is 19.8 Å². The Bertz CT molecular complexity index is 268. The molecule has 0 aromatic heterocycles. The highest BCUT2D eigenvalue weighted by Gasteiger charge is 2.33. The van der Waals surface area contributed by atoms with E-state index in [0.29, 0.717) is 6.10 Å². The Kier molecular flexibility index (Phi) is 3.16. The second-order valence-electron chi connectivity index (χ2n) is 4.17. The Morgan fingerprint density at radius 2 is 2.29 bits per heavy atom. The fraction of sp³-hybridized carbons (Fsp3) is 0.727. The van der Waals surface area contributed by atoms with Gasteiger partial charge in [0.25, 0.3) is 0 Å². The van der Waals surface area contributed by atoms with E-state index in [2.05, 4.69) is 16.7 Å². The molecule has 2 rings (SSSR count). The molecule has 1 heterocycles. The molecule has 0 amide bonds. The van der Waals surface area contributed by atoms with Gasteiger partial charge in [0, 0.05) is 11.7 Å². The van der Waals surface area contributed by atoms with Gasteiger partial charge < -0.3 is 4.74 Å². The van der Waals surface area contributed by atoms with Gasteiger partial charge >= 0.3 is 5.23 Å². The smallest absolute Gasteiger partial charge is 0.400 e. The highest BCUT2D eigenvalue weighted by Crippen LogP contribution is 2.31. The maximum absolute atomic E-state index is 5.93. The summed E-state index contributed by atoms with van der Waals surface area (Å²) in [4.78, 5) is 0. The average molecular weight is 212 g/mol. The lowest BCUT2D eigenvalue weighted by molar-refractivity contribution is -0.471. The van der Waals surface area contributed by atoms with Crippen molar-refractivity contribution in [2.24, 2.45) is 5.92 Å². The first-order valence-corrected chi connectivity index (χ1v) is 6.24. The molecule has 3 heteroatoms. The van der Waals surface area contributed by atoms with E-state index in [0.717, 1.165) is 16.9 Å². The number of hydrogen-bond donors (Lipinski definition) is 0. The molecule has 1 aliphatic heterocycles. The van der Waals surface area contributed by atoms with Crippen LogP contribution in [0.3, 0.4) is 0 Å². The lowest BCUT2D eigenvalue weighted by Crippen LogP contribution is -2.24. The van der Waals surface area contributed by atoms with Crippen molar-refractivity contribution in [3.8, 4) is 0 Å². The van der Waals surface area contributed by atoms with Crippen LogP contribution in [0.4, 0.5) is 0 Å². The van der Waals surface area contributed by atoms with E-state index >= 15 is 0 Å². The van der Waals surface area contributed by atoms with Gasteiger partial charge in [-0.15, -0.1) is 0 Å². The normalized spacial score (nSPS) is 31.7. The molecule has 0 spiro atoms. The minimum atomic E-state index is 0.447.